The number of nitrogens with zero attached hydrogens (tertiary/aromatic N) is 1. The smallest absolute Gasteiger partial charge is 0.323 e. The van der Waals surface area contributed by atoms with E-state index in [2.05, 4.69) is 4.98 Å². The summed E-state index contributed by atoms with van der Waals surface area (Å²) in [4.78, 5) is 53.8. The van der Waals surface area contributed by atoms with Gasteiger partial charge in [-0.05, 0) is 36.3 Å². The van der Waals surface area contributed by atoms with Crippen LogP contribution >= 0.6 is 23.1 Å². The third-order valence-corrected chi connectivity index (χ3v) is 9.55. The fourth-order valence-corrected chi connectivity index (χ4v) is 9.03. The van der Waals surface area contributed by atoms with E-state index in [1.165, 1.54) is 11.3 Å². The van der Waals surface area contributed by atoms with Crippen molar-refractivity contribution in [2.24, 2.45) is 29.6 Å². The molecule has 8 nitrogen and oxygen atoms in total. The minimum atomic E-state index is -1.18. The van der Waals surface area contributed by atoms with Gasteiger partial charge in [0, 0.05) is 5.25 Å². The van der Waals surface area contributed by atoms with Gasteiger partial charge in [-0.2, -0.15) is 0 Å². The number of aromatic nitrogens is 1. The van der Waals surface area contributed by atoms with Gasteiger partial charge in [0.1, 0.15) is 12.3 Å². The molecule has 10 heteroatoms. The van der Waals surface area contributed by atoms with Crippen molar-refractivity contribution in [3.63, 3.8) is 0 Å². The summed E-state index contributed by atoms with van der Waals surface area (Å²) in [6, 6.07) is 3.71. The summed E-state index contributed by atoms with van der Waals surface area (Å²) >= 11 is 2.77. The zero-order valence-electron chi connectivity index (χ0n) is 14.9. The Morgan fingerprint density at radius 2 is 2.00 bits per heavy atom. The largest absolute Gasteiger partial charge is 0.480 e. The number of imide groups is 1. The summed E-state index contributed by atoms with van der Waals surface area (Å²) in [7, 11) is 0. The van der Waals surface area contributed by atoms with Crippen LogP contribution in [0.1, 0.15) is 23.0 Å². The molecule has 2 N–H and O–H groups in total. The monoisotopic (exact) mass is 432 g/mol. The second-order valence-electron chi connectivity index (χ2n) is 8.13. The molecule has 0 spiro atoms. The van der Waals surface area contributed by atoms with E-state index in [4.69, 9.17) is 9.52 Å². The molecule has 29 heavy (non-hydrogen) atoms. The van der Waals surface area contributed by atoms with Crippen molar-refractivity contribution >= 4 is 40.9 Å². The van der Waals surface area contributed by atoms with Crippen LogP contribution in [0.5, 0.6) is 0 Å². The standard InChI is InChI=1S/C19H16N2O6S2/c22-9(23)5-21-17(24)11-6-4-7(12(11)18(21)25)14-10(6)13(8-2-1-3-27-8)15-16(28-14)20-19(26)29-15/h1-3,6-7,10-14H,4-5H2,(H,20,26)(H,22,23)/t6-,7+,10-,11+,12+,13-,14+/m1/s1. The van der Waals surface area contributed by atoms with Gasteiger partial charge in [-0.25, -0.2) is 0 Å². The Bertz CT molecular complexity index is 1100. The van der Waals surface area contributed by atoms with Crippen molar-refractivity contribution in [1.29, 1.82) is 0 Å². The number of carbonyl (C=O) groups excluding carboxylic acids is 2. The zero-order chi connectivity index (χ0) is 20.0. The molecule has 0 radical (unpaired) electrons. The normalized spacial score (nSPS) is 37.0. The molecule has 150 valence electrons. The number of carbonyl (C=O) groups is 3. The van der Waals surface area contributed by atoms with Crippen LogP contribution in [0.4, 0.5) is 0 Å². The van der Waals surface area contributed by atoms with Crippen LogP contribution in [0.25, 0.3) is 0 Å². The minimum absolute atomic E-state index is 0.00995. The van der Waals surface area contributed by atoms with E-state index < -0.39 is 24.3 Å². The lowest BCUT2D eigenvalue weighted by molar-refractivity contribution is -0.149. The Morgan fingerprint density at radius 1 is 1.24 bits per heavy atom. The first-order chi connectivity index (χ1) is 14.0. The number of aromatic amines is 1. The molecular weight excluding hydrogens is 416 g/mol. The quantitative estimate of drug-likeness (QED) is 0.707. The average Bonchev–Trinajstić information content (AvgIpc) is 3.45. The molecule has 4 heterocycles. The molecule has 2 saturated carbocycles. The summed E-state index contributed by atoms with van der Waals surface area (Å²) in [6.07, 6.45) is 2.38. The fourth-order valence-electron chi connectivity index (χ4n) is 6.16. The summed E-state index contributed by atoms with van der Waals surface area (Å²) in [5.41, 5.74) is 0. The Hall–Kier alpha value is -2.33. The van der Waals surface area contributed by atoms with Gasteiger partial charge in [0.05, 0.1) is 33.9 Å². The summed E-state index contributed by atoms with van der Waals surface area (Å²) < 4.78 is 5.73. The predicted molar refractivity (Wildman–Crippen MR) is 102 cm³/mol. The maximum absolute atomic E-state index is 13.0. The number of carboxylic acid groups (broad SMARTS) is 1. The van der Waals surface area contributed by atoms with Gasteiger partial charge in [-0.1, -0.05) is 11.3 Å². The van der Waals surface area contributed by atoms with Crippen LogP contribution < -0.4 is 4.87 Å². The number of furan rings is 1. The molecule has 1 saturated heterocycles. The number of thiazole rings is 1. The number of nitrogens with one attached hydrogen (secondary N) is 1. The lowest BCUT2D eigenvalue weighted by Gasteiger charge is -2.42. The molecular formula is C19H16N2O6S2. The molecule has 4 aliphatic rings. The number of carboxylic acids is 1. The lowest BCUT2D eigenvalue weighted by atomic mass is 9.69. The summed E-state index contributed by atoms with van der Waals surface area (Å²) in [6.45, 7) is -0.575. The molecule has 6 rings (SSSR count). The maximum atomic E-state index is 13.0. The van der Waals surface area contributed by atoms with Crippen LogP contribution in [0, 0.1) is 29.6 Å². The van der Waals surface area contributed by atoms with Gasteiger partial charge in [0.15, 0.2) is 0 Å². The zero-order valence-corrected chi connectivity index (χ0v) is 16.6. The third kappa shape index (κ3) is 2.21. The first-order valence-electron chi connectivity index (χ1n) is 9.45. The second kappa shape index (κ2) is 5.85. The van der Waals surface area contributed by atoms with Crippen LogP contribution in [-0.2, 0) is 14.4 Å². The van der Waals surface area contributed by atoms with Gasteiger partial charge in [0.25, 0.3) is 0 Å². The second-order valence-corrected chi connectivity index (χ2v) is 10.3. The third-order valence-electron chi connectivity index (χ3n) is 6.96. The highest BCUT2D eigenvalue weighted by Gasteiger charge is 2.69. The molecule has 2 aromatic rings. The predicted octanol–water partition coefficient (Wildman–Crippen LogP) is 1.59. The summed E-state index contributed by atoms with van der Waals surface area (Å²) in [5, 5.41) is 10.0. The van der Waals surface area contributed by atoms with E-state index in [1.807, 2.05) is 12.1 Å². The van der Waals surface area contributed by atoms with E-state index in [-0.39, 0.29) is 45.6 Å². The molecule has 2 amide bonds. The molecule has 7 atom stereocenters. The SMILES string of the molecule is O=C(O)CN1C(=O)[C@H]2[C@@H]3C[C@@H]([C@@H]2C1=O)[C@@H]1[C@@H](c2ccco2)c2sc(=O)[nH]c2S[C@@H]31. The van der Waals surface area contributed by atoms with E-state index in [0.717, 1.165) is 27.0 Å². The first-order valence-corrected chi connectivity index (χ1v) is 11.2. The van der Waals surface area contributed by atoms with Crippen LogP contribution in [0.2, 0.25) is 0 Å². The number of hydrogen-bond donors (Lipinski definition) is 2. The van der Waals surface area contributed by atoms with Crippen molar-refractivity contribution in [3.8, 4) is 0 Å². The lowest BCUT2D eigenvalue weighted by Crippen LogP contribution is -2.42. The van der Waals surface area contributed by atoms with E-state index in [9.17, 15) is 19.2 Å². The van der Waals surface area contributed by atoms with Crippen LogP contribution in [0.15, 0.2) is 32.6 Å². The van der Waals surface area contributed by atoms with Gasteiger partial charge in [0.2, 0.25) is 11.8 Å². The van der Waals surface area contributed by atoms with Crippen molar-refractivity contribution in [2.45, 2.75) is 22.6 Å². The van der Waals surface area contributed by atoms with Crippen molar-refractivity contribution < 1.29 is 23.9 Å². The summed E-state index contributed by atoms with van der Waals surface area (Å²) in [5.74, 6) is -2.16. The van der Waals surface area contributed by atoms with Crippen LogP contribution in [0.3, 0.4) is 0 Å². The number of rotatable bonds is 3. The van der Waals surface area contributed by atoms with E-state index in [0.29, 0.717) is 0 Å². The highest BCUT2D eigenvalue weighted by atomic mass is 32.2. The first kappa shape index (κ1) is 17.5. The Balaban J connectivity index is 1.45. The molecule has 2 bridgehead atoms. The molecule has 0 aromatic carbocycles. The minimum Gasteiger partial charge on any atom is -0.480 e. The molecule has 2 aliphatic heterocycles. The average molecular weight is 432 g/mol. The molecule has 3 fully saturated rings. The highest BCUT2D eigenvalue weighted by molar-refractivity contribution is 8.00. The van der Waals surface area contributed by atoms with Gasteiger partial charge in [-0.3, -0.25) is 24.1 Å². The van der Waals surface area contributed by atoms with Gasteiger partial charge < -0.3 is 14.5 Å². The number of likely N-dealkylation sites (tertiary alicyclic amines) is 1. The van der Waals surface area contributed by atoms with E-state index >= 15 is 0 Å². The maximum Gasteiger partial charge on any atom is 0.323 e. The van der Waals surface area contributed by atoms with Crippen molar-refractivity contribution in [3.05, 3.63) is 38.7 Å². The molecule has 2 aromatic heterocycles. The Morgan fingerprint density at radius 3 is 2.69 bits per heavy atom. The fraction of sp³-hybridized carbons (Fsp3) is 0.474. The Labute approximate surface area is 172 Å². The molecule has 0 unspecified atom stereocenters. The Kier molecular flexibility index (Phi) is 3.54. The number of amides is 2. The van der Waals surface area contributed by atoms with E-state index in [1.54, 1.807) is 18.0 Å². The van der Waals surface area contributed by atoms with Crippen molar-refractivity contribution in [1.82, 2.24) is 9.88 Å². The number of H-pyrrole nitrogens is 1. The van der Waals surface area contributed by atoms with Gasteiger partial charge in [-0.15, -0.1) is 11.8 Å². The van der Waals surface area contributed by atoms with Crippen LogP contribution in [-0.4, -0.2) is 44.6 Å². The number of fused-ring (bicyclic) bond motifs is 9. The molecule has 2 aliphatic carbocycles. The number of hydrogen-bond acceptors (Lipinski definition) is 7. The van der Waals surface area contributed by atoms with Crippen molar-refractivity contribution in [2.75, 3.05) is 6.54 Å². The number of aliphatic carboxylic acids is 1. The van der Waals surface area contributed by atoms with Gasteiger partial charge >= 0.3 is 10.8 Å². The topological polar surface area (TPSA) is 121 Å². The highest BCUT2D eigenvalue weighted by Crippen LogP contribution is 2.68. The number of thioether (sulfide) groups is 1.